The Hall–Kier alpha value is -1.54. The van der Waals surface area contributed by atoms with Crippen LogP contribution < -0.4 is 11.2 Å². The van der Waals surface area contributed by atoms with Gasteiger partial charge in [-0.2, -0.15) is 0 Å². The number of nitrogens with zero attached hydrogens (tertiary/aromatic N) is 2. The van der Waals surface area contributed by atoms with Crippen molar-refractivity contribution in [1.29, 1.82) is 0 Å². The van der Waals surface area contributed by atoms with Gasteiger partial charge in [-0.05, 0) is 6.92 Å². The van der Waals surface area contributed by atoms with Crippen molar-refractivity contribution in [3.63, 3.8) is 0 Å². The van der Waals surface area contributed by atoms with Gasteiger partial charge in [0.05, 0.1) is 13.2 Å². The highest BCUT2D eigenvalue weighted by Gasteiger charge is 2.36. The molecule has 0 aromatic carbocycles. The van der Waals surface area contributed by atoms with E-state index in [4.69, 9.17) is 9.84 Å². The van der Waals surface area contributed by atoms with Crippen LogP contribution in [0.3, 0.4) is 0 Å². The predicted octanol–water partition coefficient (Wildman–Crippen LogP) is -0.0942. The lowest BCUT2D eigenvalue weighted by atomic mass is 10.2. The molecule has 1 fully saturated rings. The van der Waals surface area contributed by atoms with Crippen LogP contribution in [0.4, 0.5) is 8.78 Å². The molecule has 0 radical (unpaired) electrons. The highest BCUT2D eigenvalue weighted by molar-refractivity contribution is 5.04. The summed E-state index contributed by atoms with van der Waals surface area (Å²) in [6.07, 6.45) is -2.11. The fourth-order valence-electron chi connectivity index (χ4n) is 2.27. The average molecular weight is 290 g/mol. The third-order valence-corrected chi connectivity index (χ3v) is 3.33. The van der Waals surface area contributed by atoms with Crippen molar-refractivity contribution >= 4 is 0 Å². The molecule has 112 valence electrons. The van der Waals surface area contributed by atoms with Gasteiger partial charge in [0, 0.05) is 18.2 Å². The largest absolute Gasteiger partial charge is 0.394 e. The minimum atomic E-state index is -1.39. The molecule has 0 bridgehead atoms. The zero-order valence-corrected chi connectivity index (χ0v) is 11.0. The van der Waals surface area contributed by atoms with Gasteiger partial charge in [-0.3, -0.25) is 13.9 Å². The van der Waals surface area contributed by atoms with E-state index in [0.29, 0.717) is 0 Å². The number of aliphatic hydroxyl groups excluding tert-OH is 1. The van der Waals surface area contributed by atoms with Crippen molar-refractivity contribution in [2.45, 2.75) is 38.4 Å². The van der Waals surface area contributed by atoms with E-state index in [1.54, 1.807) is 0 Å². The molecule has 1 aromatic rings. The molecule has 0 spiro atoms. The van der Waals surface area contributed by atoms with Crippen LogP contribution >= 0.6 is 0 Å². The molecule has 1 saturated heterocycles. The van der Waals surface area contributed by atoms with E-state index < -0.39 is 43.0 Å². The molecule has 1 aliphatic heterocycles. The monoisotopic (exact) mass is 290 g/mol. The van der Waals surface area contributed by atoms with Gasteiger partial charge in [0.25, 0.3) is 5.56 Å². The zero-order valence-electron chi connectivity index (χ0n) is 11.0. The second-order valence-electron chi connectivity index (χ2n) is 4.71. The Labute approximate surface area is 113 Å². The van der Waals surface area contributed by atoms with Crippen LogP contribution in [0.5, 0.6) is 0 Å². The second kappa shape index (κ2) is 5.84. The molecule has 1 N–H and O–H groups in total. The molecule has 0 saturated carbocycles. The summed E-state index contributed by atoms with van der Waals surface area (Å²) < 4.78 is 33.1. The van der Waals surface area contributed by atoms with Crippen LogP contribution in [0.2, 0.25) is 0 Å². The van der Waals surface area contributed by atoms with E-state index in [0.717, 1.165) is 9.13 Å². The zero-order chi connectivity index (χ0) is 14.9. The minimum absolute atomic E-state index is 0.0988. The summed E-state index contributed by atoms with van der Waals surface area (Å²) in [5.41, 5.74) is -1.07. The number of aliphatic hydroxyl groups is 1. The summed E-state index contributed by atoms with van der Waals surface area (Å²) in [6, 6.07) is 0. The summed E-state index contributed by atoms with van der Waals surface area (Å²) in [6.45, 7) is -0.211. The third-order valence-electron chi connectivity index (χ3n) is 3.33. The quantitative estimate of drug-likeness (QED) is 0.841. The molecule has 0 unspecified atom stereocenters. The molecule has 0 amide bonds. The predicted molar refractivity (Wildman–Crippen MR) is 66.2 cm³/mol. The van der Waals surface area contributed by atoms with Gasteiger partial charge < -0.3 is 9.84 Å². The summed E-state index contributed by atoms with van der Waals surface area (Å²) in [5, 5.41) is 8.95. The van der Waals surface area contributed by atoms with E-state index >= 15 is 0 Å². The molecule has 0 aliphatic carbocycles. The first-order valence-electron chi connectivity index (χ1n) is 6.28. The Balaban J connectivity index is 2.43. The van der Waals surface area contributed by atoms with Gasteiger partial charge in [-0.15, -0.1) is 0 Å². The molecule has 2 heterocycles. The van der Waals surface area contributed by atoms with Crippen LogP contribution in [0, 0.1) is 6.92 Å². The number of hydrogen-bond donors (Lipinski definition) is 1. The topological polar surface area (TPSA) is 73.5 Å². The van der Waals surface area contributed by atoms with Gasteiger partial charge in [0.1, 0.15) is 25.2 Å². The molecule has 20 heavy (non-hydrogen) atoms. The average Bonchev–Trinajstić information content (AvgIpc) is 2.80. The van der Waals surface area contributed by atoms with Crippen molar-refractivity contribution in [3.05, 3.63) is 32.6 Å². The number of ether oxygens (including phenoxy) is 1. The van der Waals surface area contributed by atoms with Crippen molar-refractivity contribution < 1.29 is 18.6 Å². The minimum Gasteiger partial charge on any atom is -0.394 e. The smallest absolute Gasteiger partial charge is 0.333 e. The van der Waals surface area contributed by atoms with Crippen molar-refractivity contribution in [3.8, 4) is 0 Å². The van der Waals surface area contributed by atoms with Crippen LogP contribution in [-0.2, 0) is 11.3 Å². The number of alkyl halides is 2. The lowest BCUT2D eigenvalue weighted by Crippen LogP contribution is -2.42. The lowest BCUT2D eigenvalue weighted by Gasteiger charge is -2.17. The first kappa shape index (κ1) is 14.9. The summed E-state index contributed by atoms with van der Waals surface area (Å²) in [4.78, 5) is 23.9. The third kappa shape index (κ3) is 2.53. The summed E-state index contributed by atoms with van der Waals surface area (Å²) in [5.74, 6) is 0. The Morgan fingerprint density at radius 2 is 2.20 bits per heavy atom. The highest BCUT2D eigenvalue weighted by Crippen LogP contribution is 2.29. The van der Waals surface area contributed by atoms with Crippen LogP contribution in [-0.4, -0.2) is 39.8 Å². The van der Waals surface area contributed by atoms with E-state index in [2.05, 4.69) is 0 Å². The first-order valence-corrected chi connectivity index (χ1v) is 6.28. The van der Waals surface area contributed by atoms with Gasteiger partial charge in [0.2, 0.25) is 0 Å². The van der Waals surface area contributed by atoms with Gasteiger partial charge in [-0.1, -0.05) is 0 Å². The maximum absolute atomic E-state index is 13.6. The second-order valence-corrected chi connectivity index (χ2v) is 4.71. The van der Waals surface area contributed by atoms with Crippen LogP contribution in [0.15, 0.2) is 15.8 Å². The summed E-state index contributed by atoms with van der Waals surface area (Å²) in [7, 11) is 0. The van der Waals surface area contributed by atoms with Gasteiger partial charge in [-0.25, -0.2) is 13.6 Å². The molecular formula is C12H16F2N2O4. The number of halogens is 2. The molecular weight excluding hydrogens is 274 g/mol. The SMILES string of the molecule is Cc1cn([C@H]2C[C@H](F)[C@@H](CO)O2)c(=O)n(CCF)c1=O. The highest BCUT2D eigenvalue weighted by atomic mass is 19.1. The maximum atomic E-state index is 13.6. The van der Waals surface area contributed by atoms with Gasteiger partial charge in [0.15, 0.2) is 0 Å². The van der Waals surface area contributed by atoms with Crippen LogP contribution in [0.25, 0.3) is 0 Å². The van der Waals surface area contributed by atoms with Crippen molar-refractivity contribution in [1.82, 2.24) is 9.13 Å². The number of aryl methyl sites for hydroxylation is 1. The fourth-order valence-corrected chi connectivity index (χ4v) is 2.27. The Morgan fingerprint density at radius 3 is 2.75 bits per heavy atom. The Morgan fingerprint density at radius 1 is 1.50 bits per heavy atom. The normalized spacial score (nSPS) is 26.1. The number of rotatable bonds is 4. The molecule has 6 nitrogen and oxygen atoms in total. The van der Waals surface area contributed by atoms with E-state index in [9.17, 15) is 18.4 Å². The number of hydrogen-bond acceptors (Lipinski definition) is 4. The first-order chi connectivity index (χ1) is 9.49. The van der Waals surface area contributed by atoms with E-state index in [-0.39, 0.29) is 18.5 Å². The molecule has 1 aromatic heterocycles. The molecule has 1 aliphatic rings. The Kier molecular flexibility index (Phi) is 4.34. The fraction of sp³-hybridized carbons (Fsp3) is 0.667. The molecule has 2 rings (SSSR count). The maximum Gasteiger partial charge on any atom is 0.333 e. The van der Waals surface area contributed by atoms with Gasteiger partial charge >= 0.3 is 5.69 Å². The lowest BCUT2D eigenvalue weighted by molar-refractivity contribution is -0.0362. The molecule has 3 atom stereocenters. The van der Waals surface area contributed by atoms with E-state index in [1.807, 2.05) is 0 Å². The summed E-state index contributed by atoms with van der Waals surface area (Å²) >= 11 is 0. The van der Waals surface area contributed by atoms with Crippen molar-refractivity contribution in [2.24, 2.45) is 0 Å². The van der Waals surface area contributed by atoms with Crippen LogP contribution in [0.1, 0.15) is 18.2 Å². The molecule has 8 heteroatoms. The number of aromatic nitrogens is 2. The Bertz CT molecular complexity index is 598. The standard InChI is InChI=1S/C12H16F2N2O4/c1-7-5-16(10-4-8(14)9(6-17)20-10)12(19)15(3-2-13)11(7)18/h5,8-10,17H,2-4,6H2,1H3/t8-,9+,10+/m0/s1. The van der Waals surface area contributed by atoms with Crippen molar-refractivity contribution in [2.75, 3.05) is 13.3 Å². The van der Waals surface area contributed by atoms with E-state index in [1.165, 1.54) is 13.1 Å².